The summed E-state index contributed by atoms with van der Waals surface area (Å²) in [7, 11) is 0. The lowest BCUT2D eigenvalue weighted by Crippen LogP contribution is -1.87. The summed E-state index contributed by atoms with van der Waals surface area (Å²) in [5, 5.41) is 5.03. The first kappa shape index (κ1) is 10.4. The number of hydrogen-bond acceptors (Lipinski definition) is 1. The van der Waals surface area contributed by atoms with Gasteiger partial charge in [-0.1, -0.05) is 54.6 Å². The van der Waals surface area contributed by atoms with Crippen LogP contribution < -0.4 is 4.74 Å². The van der Waals surface area contributed by atoms with Crippen molar-refractivity contribution in [1.82, 2.24) is 0 Å². The molecule has 19 heavy (non-hydrogen) atoms. The quantitative estimate of drug-likeness (QED) is 0.510. The molecular weight excluding hydrogens is 232 g/mol. The lowest BCUT2D eigenvalue weighted by Gasteiger charge is -2.10. The normalized spacial score (nSPS) is 13.3. The summed E-state index contributed by atoms with van der Waals surface area (Å²) in [5.74, 6) is 0.911. The second kappa shape index (κ2) is 3.99. The minimum absolute atomic E-state index is 0.911. The standard InChI is InChI=1S/C18H12O/c1-2-6-15-13(5-1)8-9-14-10-11-17-16(18(14)15)7-3-4-12-19-17/h1-12H. The highest BCUT2D eigenvalue weighted by Gasteiger charge is 2.10. The fourth-order valence-electron chi connectivity index (χ4n) is 2.68. The minimum atomic E-state index is 0.911. The van der Waals surface area contributed by atoms with Gasteiger partial charge < -0.3 is 4.74 Å². The average molecular weight is 244 g/mol. The summed E-state index contributed by atoms with van der Waals surface area (Å²) >= 11 is 0. The Labute approximate surface area is 111 Å². The molecule has 0 amide bonds. The van der Waals surface area contributed by atoms with Crippen molar-refractivity contribution in [2.24, 2.45) is 0 Å². The highest BCUT2D eigenvalue weighted by atomic mass is 16.5. The van der Waals surface area contributed by atoms with E-state index < -0.39 is 0 Å². The fraction of sp³-hybridized carbons (Fsp3) is 0. The third-order valence-corrected chi connectivity index (χ3v) is 3.56. The van der Waals surface area contributed by atoms with E-state index in [0.717, 1.165) is 11.3 Å². The average Bonchev–Trinajstić information content (AvgIpc) is 2.72. The third kappa shape index (κ3) is 1.55. The predicted octanol–water partition coefficient (Wildman–Crippen LogP) is 4.91. The van der Waals surface area contributed by atoms with Crippen LogP contribution in [0.5, 0.6) is 5.75 Å². The molecule has 90 valence electrons. The monoisotopic (exact) mass is 244 g/mol. The van der Waals surface area contributed by atoms with E-state index in [9.17, 15) is 0 Å². The van der Waals surface area contributed by atoms with Crippen molar-refractivity contribution in [2.45, 2.75) is 0 Å². The molecule has 1 heterocycles. The first-order valence-corrected chi connectivity index (χ1v) is 6.38. The van der Waals surface area contributed by atoms with Crippen molar-refractivity contribution >= 4 is 27.6 Å². The van der Waals surface area contributed by atoms with Crippen LogP contribution in [0.3, 0.4) is 0 Å². The van der Waals surface area contributed by atoms with E-state index in [0.29, 0.717) is 0 Å². The third-order valence-electron chi connectivity index (χ3n) is 3.56. The van der Waals surface area contributed by atoms with Crippen molar-refractivity contribution in [3.05, 3.63) is 72.5 Å². The molecule has 0 atom stereocenters. The van der Waals surface area contributed by atoms with Crippen LogP contribution in [0, 0.1) is 0 Å². The van der Waals surface area contributed by atoms with E-state index in [1.54, 1.807) is 6.26 Å². The van der Waals surface area contributed by atoms with Crippen molar-refractivity contribution in [3.8, 4) is 5.75 Å². The Morgan fingerprint density at radius 3 is 2.58 bits per heavy atom. The van der Waals surface area contributed by atoms with Crippen LogP contribution >= 0.6 is 0 Å². The second-order valence-corrected chi connectivity index (χ2v) is 4.67. The molecule has 1 heteroatoms. The van der Waals surface area contributed by atoms with Gasteiger partial charge in [0.25, 0.3) is 0 Å². The molecule has 0 saturated carbocycles. The molecule has 0 unspecified atom stereocenters. The SMILES string of the molecule is C1=COc2ccc3ccc4ccccc4c3c2C=C1. The molecule has 1 nitrogen and oxygen atoms in total. The number of rotatable bonds is 0. The maximum atomic E-state index is 5.66. The molecule has 0 N–H and O–H groups in total. The lowest BCUT2D eigenvalue weighted by molar-refractivity contribution is 0.482. The summed E-state index contributed by atoms with van der Waals surface area (Å²) in [6.45, 7) is 0. The fourth-order valence-corrected chi connectivity index (χ4v) is 2.68. The van der Waals surface area contributed by atoms with Gasteiger partial charge in [0, 0.05) is 10.9 Å². The molecule has 0 aromatic heterocycles. The van der Waals surface area contributed by atoms with E-state index in [-0.39, 0.29) is 0 Å². The van der Waals surface area contributed by atoms with E-state index in [1.807, 2.05) is 18.2 Å². The molecule has 0 saturated heterocycles. The van der Waals surface area contributed by atoms with Crippen LogP contribution in [0.2, 0.25) is 0 Å². The van der Waals surface area contributed by atoms with E-state index in [1.165, 1.54) is 21.5 Å². The number of hydrogen-bond donors (Lipinski definition) is 0. The summed E-state index contributed by atoms with van der Waals surface area (Å²) in [5.41, 5.74) is 1.15. The van der Waals surface area contributed by atoms with Crippen LogP contribution in [0.15, 0.2) is 66.9 Å². The maximum Gasteiger partial charge on any atom is 0.134 e. The van der Waals surface area contributed by atoms with Gasteiger partial charge in [-0.25, -0.2) is 0 Å². The Morgan fingerprint density at radius 2 is 1.58 bits per heavy atom. The zero-order valence-corrected chi connectivity index (χ0v) is 10.3. The summed E-state index contributed by atoms with van der Waals surface area (Å²) < 4.78 is 5.66. The van der Waals surface area contributed by atoms with Gasteiger partial charge in [-0.15, -0.1) is 0 Å². The molecule has 1 aliphatic rings. The van der Waals surface area contributed by atoms with E-state index in [2.05, 4.69) is 48.5 Å². The van der Waals surface area contributed by atoms with Gasteiger partial charge in [-0.2, -0.15) is 0 Å². The first-order valence-electron chi connectivity index (χ1n) is 6.38. The van der Waals surface area contributed by atoms with Crippen molar-refractivity contribution in [3.63, 3.8) is 0 Å². The first-order chi connectivity index (χ1) is 9.43. The van der Waals surface area contributed by atoms with Gasteiger partial charge >= 0.3 is 0 Å². The molecule has 1 aliphatic heterocycles. The molecule has 0 radical (unpaired) electrons. The molecule has 0 spiro atoms. The topological polar surface area (TPSA) is 9.23 Å². The van der Waals surface area contributed by atoms with Crippen LogP contribution in [-0.2, 0) is 0 Å². The van der Waals surface area contributed by atoms with Crippen LogP contribution in [0.25, 0.3) is 27.6 Å². The van der Waals surface area contributed by atoms with Gasteiger partial charge in [-0.3, -0.25) is 0 Å². The van der Waals surface area contributed by atoms with Gasteiger partial charge in [0.05, 0.1) is 6.26 Å². The zero-order valence-electron chi connectivity index (χ0n) is 10.3. The van der Waals surface area contributed by atoms with Crippen LogP contribution in [0.4, 0.5) is 0 Å². The van der Waals surface area contributed by atoms with E-state index in [4.69, 9.17) is 4.74 Å². The minimum Gasteiger partial charge on any atom is -0.464 e. The number of fused-ring (bicyclic) bond motifs is 5. The Balaban J connectivity index is 2.23. The Bertz CT molecular complexity index is 841. The maximum absolute atomic E-state index is 5.66. The molecule has 0 fully saturated rings. The zero-order chi connectivity index (χ0) is 12.7. The molecule has 0 aliphatic carbocycles. The van der Waals surface area contributed by atoms with Gasteiger partial charge in [0.1, 0.15) is 5.75 Å². The largest absolute Gasteiger partial charge is 0.464 e. The molecule has 3 aromatic carbocycles. The highest BCUT2D eigenvalue weighted by Crippen LogP contribution is 2.35. The molecule has 0 bridgehead atoms. The van der Waals surface area contributed by atoms with Crippen molar-refractivity contribution in [2.75, 3.05) is 0 Å². The molecular formula is C18H12O. The Kier molecular flexibility index (Phi) is 2.18. The lowest BCUT2D eigenvalue weighted by atomic mass is 9.97. The summed E-state index contributed by atoms with van der Waals surface area (Å²) in [4.78, 5) is 0. The molecule has 4 rings (SSSR count). The Hall–Kier alpha value is -2.54. The number of allylic oxidation sites excluding steroid dienone is 2. The summed E-state index contributed by atoms with van der Waals surface area (Å²) in [6.07, 6.45) is 7.77. The smallest absolute Gasteiger partial charge is 0.134 e. The van der Waals surface area contributed by atoms with Gasteiger partial charge in [0.15, 0.2) is 0 Å². The Morgan fingerprint density at radius 1 is 0.737 bits per heavy atom. The summed E-state index contributed by atoms with van der Waals surface area (Å²) in [6, 6.07) is 17.0. The van der Waals surface area contributed by atoms with Crippen molar-refractivity contribution in [1.29, 1.82) is 0 Å². The van der Waals surface area contributed by atoms with Crippen molar-refractivity contribution < 1.29 is 4.74 Å². The predicted molar refractivity (Wildman–Crippen MR) is 80.3 cm³/mol. The van der Waals surface area contributed by atoms with Crippen LogP contribution in [-0.4, -0.2) is 0 Å². The van der Waals surface area contributed by atoms with Crippen LogP contribution in [0.1, 0.15) is 5.56 Å². The highest BCUT2D eigenvalue weighted by molar-refractivity contribution is 6.12. The second-order valence-electron chi connectivity index (χ2n) is 4.67. The number of benzene rings is 3. The molecule has 3 aromatic rings. The van der Waals surface area contributed by atoms with Gasteiger partial charge in [-0.05, 0) is 28.3 Å². The number of ether oxygens (including phenoxy) is 1. The van der Waals surface area contributed by atoms with E-state index >= 15 is 0 Å². The van der Waals surface area contributed by atoms with Gasteiger partial charge in [0.2, 0.25) is 0 Å².